The number of benzene rings is 2. The first-order chi connectivity index (χ1) is 10.7. The van der Waals surface area contributed by atoms with E-state index in [1.54, 1.807) is 6.07 Å². The van der Waals surface area contributed by atoms with Gasteiger partial charge in [0.25, 0.3) is 5.91 Å². The van der Waals surface area contributed by atoms with Crippen LogP contribution in [0.15, 0.2) is 71.8 Å². The average molecular weight is 289 g/mol. The Morgan fingerprint density at radius 3 is 2.50 bits per heavy atom. The van der Waals surface area contributed by atoms with Crippen LogP contribution >= 0.6 is 0 Å². The van der Waals surface area contributed by atoms with Crippen LogP contribution in [0, 0.1) is 0 Å². The van der Waals surface area contributed by atoms with E-state index in [1.807, 2.05) is 67.6 Å². The molecule has 3 aromatic rings. The van der Waals surface area contributed by atoms with Gasteiger partial charge < -0.3 is 0 Å². The van der Waals surface area contributed by atoms with Gasteiger partial charge in [0.15, 0.2) is 0 Å². The molecule has 0 atom stereocenters. The molecule has 0 bridgehead atoms. The molecule has 0 saturated carbocycles. The fourth-order valence-corrected chi connectivity index (χ4v) is 2.13. The van der Waals surface area contributed by atoms with Crippen LogP contribution in [0.1, 0.15) is 23.0 Å². The molecule has 0 spiro atoms. The number of nitrogens with one attached hydrogen (secondary N) is 1. The summed E-state index contributed by atoms with van der Waals surface area (Å²) in [5, 5.41) is 5.13. The minimum absolute atomic E-state index is 0.318. The highest BCUT2D eigenvalue weighted by Crippen LogP contribution is 2.11. The lowest BCUT2D eigenvalue weighted by Gasteiger charge is -2.03. The summed E-state index contributed by atoms with van der Waals surface area (Å²) in [4.78, 5) is 16.5. The fraction of sp³-hybridized carbons (Fsp3) is 0.0556. The van der Waals surface area contributed by atoms with E-state index in [9.17, 15) is 4.79 Å². The quantitative estimate of drug-likeness (QED) is 0.593. The molecule has 1 N–H and O–H groups in total. The van der Waals surface area contributed by atoms with E-state index < -0.39 is 0 Å². The number of nitrogens with zero attached hydrogens (tertiary/aromatic N) is 2. The minimum atomic E-state index is -0.318. The van der Waals surface area contributed by atoms with Crippen LogP contribution < -0.4 is 5.43 Å². The lowest BCUT2D eigenvalue weighted by molar-refractivity contribution is 0.0950. The van der Waals surface area contributed by atoms with Crippen molar-refractivity contribution in [3.05, 3.63) is 78.0 Å². The molecule has 0 aliphatic heterocycles. The second kappa shape index (κ2) is 6.18. The van der Waals surface area contributed by atoms with Gasteiger partial charge in [0.1, 0.15) is 5.69 Å². The smallest absolute Gasteiger partial charge is 0.266 e. The number of aromatic nitrogens is 1. The molecule has 2 aromatic carbocycles. The molecule has 0 radical (unpaired) electrons. The average Bonchev–Trinajstić information content (AvgIpc) is 2.59. The number of fused-ring (bicyclic) bond motifs is 1. The van der Waals surface area contributed by atoms with Crippen molar-refractivity contribution >= 4 is 22.5 Å². The van der Waals surface area contributed by atoms with Crippen molar-refractivity contribution in [2.45, 2.75) is 6.92 Å². The molecule has 0 fully saturated rings. The zero-order valence-corrected chi connectivity index (χ0v) is 12.2. The molecule has 22 heavy (non-hydrogen) atoms. The van der Waals surface area contributed by atoms with Gasteiger partial charge in [-0.05, 0) is 24.6 Å². The molecular weight excluding hydrogens is 274 g/mol. The maximum atomic E-state index is 12.1. The number of carbonyl (C=O) groups is 1. The summed E-state index contributed by atoms with van der Waals surface area (Å²) in [5.41, 5.74) is 5.40. The Balaban J connectivity index is 1.78. The van der Waals surface area contributed by atoms with Crippen molar-refractivity contribution < 1.29 is 4.79 Å². The van der Waals surface area contributed by atoms with Gasteiger partial charge in [-0.1, -0.05) is 54.6 Å². The molecule has 0 aliphatic rings. The first kappa shape index (κ1) is 13.9. The first-order valence-corrected chi connectivity index (χ1v) is 7.00. The second-order valence-electron chi connectivity index (χ2n) is 4.89. The molecule has 0 saturated heterocycles. The fourth-order valence-electron chi connectivity index (χ4n) is 2.13. The van der Waals surface area contributed by atoms with Crippen LogP contribution in [-0.4, -0.2) is 16.6 Å². The summed E-state index contributed by atoms with van der Waals surface area (Å²) in [6.07, 6.45) is 0. The number of amides is 1. The van der Waals surface area contributed by atoms with E-state index in [1.165, 1.54) is 0 Å². The number of hydrogen-bond donors (Lipinski definition) is 1. The Morgan fingerprint density at radius 1 is 0.955 bits per heavy atom. The molecule has 4 nitrogen and oxygen atoms in total. The zero-order chi connectivity index (χ0) is 15.4. The SMILES string of the molecule is C/C(=N\NC(=O)c1ccc2ccccc2n1)c1ccccc1. The van der Waals surface area contributed by atoms with Crippen molar-refractivity contribution in [1.82, 2.24) is 10.4 Å². The number of hydrazone groups is 1. The third-order valence-corrected chi connectivity index (χ3v) is 3.35. The summed E-state index contributed by atoms with van der Waals surface area (Å²) >= 11 is 0. The Hall–Kier alpha value is -3.01. The molecule has 108 valence electrons. The van der Waals surface area contributed by atoms with Crippen LogP contribution in [-0.2, 0) is 0 Å². The Kier molecular flexibility index (Phi) is 3.92. The molecule has 4 heteroatoms. The lowest BCUT2D eigenvalue weighted by Crippen LogP contribution is -2.20. The maximum Gasteiger partial charge on any atom is 0.289 e. The monoisotopic (exact) mass is 289 g/mol. The van der Waals surface area contributed by atoms with Crippen LogP contribution in [0.2, 0.25) is 0 Å². The normalized spacial score (nSPS) is 11.4. The highest BCUT2D eigenvalue weighted by atomic mass is 16.2. The molecule has 1 heterocycles. The summed E-state index contributed by atoms with van der Waals surface area (Å²) in [5.74, 6) is -0.318. The van der Waals surface area contributed by atoms with Gasteiger partial charge in [-0.15, -0.1) is 0 Å². The van der Waals surface area contributed by atoms with Gasteiger partial charge >= 0.3 is 0 Å². The Labute approximate surface area is 128 Å². The van der Waals surface area contributed by atoms with Crippen molar-refractivity contribution in [2.75, 3.05) is 0 Å². The summed E-state index contributed by atoms with van der Waals surface area (Å²) in [6, 6.07) is 20.9. The van der Waals surface area contributed by atoms with Gasteiger partial charge in [-0.3, -0.25) is 4.79 Å². The second-order valence-corrected chi connectivity index (χ2v) is 4.89. The Bertz CT molecular complexity index is 841. The molecule has 0 unspecified atom stereocenters. The van der Waals surface area contributed by atoms with Gasteiger partial charge in [0, 0.05) is 5.39 Å². The standard InChI is InChI=1S/C18H15N3O/c1-13(14-7-3-2-4-8-14)20-21-18(22)17-12-11-15-9-5-6-10-16(15)19-17/h2-12H,1H3,(H,21,22)/b20-13+. The highest BCUT2D eigenvalue weighted by molar-refractivity contribution is 6.00. The molecule has 1 amide bonds. The number of hydrogen-bond acceptors (Lipinski definition) is 3. The predicted octanol–water partition coefficient (Wildman–Crippen LogP) is 3.39. The van der Waals surface area contributed by atoms with E-state index >= 15 is 0 Å². The molecule has 3 rings (SSSR count). The summed E-state index contributed by atoms with van der Waals surface area (Å²) < 4.78 is 0. The first-order valence-electron chi connectivity index (χ1n) is 7.00. The van der Waals surface area contributed by atoms with E-state index in [0.29, 0.717) is 5.69 Å². The van der Waals surface area contributed by atoms with E-state index in [-0.39, 0.29) is 5.91 Å². The Morgan fingerprint density at radius 2 is 1.68 bits per heavy atom. The van der Waals surface area contributed by atoms with Gasteiger partial charge in [0.05, 0.1) is 11.2 Å². The highest BCUT2D eigenvalue weighted by Gasteiger charge is 2.07. The topological polar surface area (TPSA) is 54.4 Å². The molecule has 0 aliphatic carbocycles. The molecule has 1 aromatic heterocycles. The van der Waals surface area contributed by atoms with Crippen LogP contribution in [0.3, 0.4) is 0 Å². The van der Waals surface area contributed by atoms with E-state index in [4.69, 9.17) is 0 Å². The van der Waals surface area contributed by atoms with Crippen LogP contribution in [0.25, 0.3) is 10.9 Å². The number of para-hydroxylation sites is 1. The molecular formula is C18H15N3O. The van der Waals surface area contributed by atoms with Gasteiger partial charge in [-0.2, -0.15) is 5.10 Å². The number of rotatable bonds is 3. The number of carbonyl (C=O) groups excluding carboxylic acids is 1. The van der Waals surface area contributed by atoms with Crippen LogP contribution in [0.5, 0.6) is 0 Å². The van der Waals surface area contributed by atoms with E-state index in [0.717, 1.165) is 22.2 Å². The summed E-state index contributed by atoms with van der Waals surface area (Å²) in [6.45, 7) is 1.85. The summed E-state index contributed by atoms with van der Waals surface area (Å²) in [7, 11) is 0. The number of pyridine rings is 1. The lowest BCUT2D eigenvalue weighted by atomic mass is 10.1. The van der Waals surface area contributed by atoms with Gasteiger partial charge in [0.2, 0.25) is 0 Å². The zero-order valence-electron chi connectivity index (χ0n) is 12.2. The maximum absolute atomic E-state index is 12.1. The van der Waals surface area contributed by atoms with Crippen molar-refractivity contribution in [1.29, 1.82) is 0 Å². The van der Waals surface area contributed by atoms with Gasteiger partial charge in [-0.25, -0.2) is 10.4 Å². The van der Waals surface area contributed by atoms with Crippen molar-refractivity contribution in [2.24, 2.45) is 5.10 Å². The predicted molar refractivity (Wildman–Crippen MR) is 87.9 cm³/mol. The minimum Gasteiger partial charge on any atom is -0.266 e. The van der Waals surface area contributed by atoms with Crippen molar-refractivity contribution in [3.8, 4) is 0 Å². The van der Waals surface area contributed by atoms with Crippen LogP contribution in [0.4, 0.5) is 0 Å². The largest absolute Gasteiger partial charge is 0.289 e. The van der Waals surface area contributed by atoms with E-state index in [2.05, 4.69) is 15.5 Å². The van der Waals surface area contributed by atoms with Crippen molar-refractivity contribution in [3.63, 3.8) is 0 Å². The third kappa shape index (κ3) is 3.01. The third-order valence-electron chi connectivity index (χ3n) is 3.35.